The van der Waals surface area contributed by atoms with Crippen molar-refractivity contribution in [1.82, 2.24) is 10.2 Å². The van der Waals surface area contributed by atoms with Gasteiger partial charge >= 0.3 is 0 Å². The van der Waals surface area contributed by atoms with E-state index >= 15 is 0 Å². The van der Waals surface area contributed by atoms with Crippen molar-refractivity contribution < 1.29 is 22.8 Å². The van der Waals surface area contributed by atoms with E-state index in [1.165, 1.54) is 24.3 Å². The molecular weight excluding hydrogens is 369 g/mol. The summed E-state index contributed by atoms with van der Waals surface area (Å²) < 4.78 is 39.4. The Labute approximate surface area is 153 Å². The number of hydrogen-bond acceptors (Lipinski definition) is 2. The molecule has 0 heterocycles. The van der Waals surface area contributed by atoms with Gasteiger partial charge in [0.2, 0.25) is 5.91 Å². The first kappa shape index (κ1) is 19.8. The van der Waals surface area contributed by atoms with Crippen molar-refractivity contribution in [3.8, 4) is 0 Å². The van der Waals surface area contributed by atoms with Crippen molar-refractivity contribution in [3.05, 3.63) is 70.0 Å². The maximum Gasteiger partial charge on any atom is 0.255 e. The number of benzene rings is 2. The molecule has 8 heteroatoms. The van der Waals surface area contributed by atoms with Gasteiger partial charge in [-0.25, -0.2) is 13.2 Å². The molecule has 0 aromatic heterocycles. The highest BCUT2D eigenvalue weighted by atomic mass is 35.5. The smallest absolute Gasteiger partial charge is 0.255 e. The molecule has 0 aliphatic rings. The number of halogens is 4. The first-order chi connectivity index (χ1) is 12.3. The zero-order chi connectivity index (χ0) is 19.3. The number of carbonyl (C=O) groups is 2. The minimum Gasteiger partial charge on any atom is -0.350 e. The number of likely N-dealkylation sites (N-methyl/N-ethyl adjacent to an activating group) is 1. The summed E-state index contributed by atoms with van der Waals surface area (Å²) in [5.41, 5.74) is 0.469. The molecule has 0 aliphatic carbocycles. The Hall–Kier alpha value is -2.54. The fourth-order valence-corrected chi connectivity index (χ4v) is 2.45. The standard InChI is InChI=1S/C18H16ClF3N2O2/c1-2-24(18(26)13-7-15(21)16(22)8-14(13)19)10-17(25)23-9-11-3-5-12(20)6-4-11/h3-8H,2,9-10H2,1H3,(H,23,25). The van der Waals surface area contributed by atoms with Gasteiger partial charge in [-0.05, 0) is 36.8 Å². The minimum atomic E-state index is -1.20. The third-order valence-electron chi connectivity index (χ3n) is 3.65. The Morgan fingerprint density at radius 3 is 2.31 bits per heavy atom. The number of nitrogens with one attached hydrogen (secondary N) is 1. The van der Waals surface area contributed by atoms with Gasteiger partial charge in [-0.15, -0.1) is 0 Å². The van der Waals surface area contributed by atoms with Crippen LogP contribution in [0.1, 0.15) is 22.8 Å². The zero-order valence-corrected chi connectivity index (χ0v) is 14.6. The molecule has 2 aromatic rings. The van der Waals surface area contributed by atoms with Gasteiger partial charge in [0.05, 0.1) is 17.1 Å². The van der Waals surface area contributed by atoms with Crippen LogP contribution < -0.4 is 5.32 Å². The molecule has 0 saturated heterocycles. The van der Waals surface area contributed by atoms with Crippen LogP contribution in [0.4, 0.5) is 13.2 Å². The molecule has 138 valence electrons. The van der Waals surface area contributed by atoms with Crippen molar-refractivity contribution in [2.45, 2.75) is 13.5 Å². The van der Waals surface area contributed by atoms with Gasteiger partial charge in [0.25, 0.3) is 5.91 Å². The molecule has 2 aromatic carbocycles. The Morgan fingerprint density at radius 1 is 1.08 bits per heavy atom. The maximum atomic E-state index is 13.4. The van der Waals surface area contributed by atoms with Crippen LogP contribution in [0.2, 0.25) is 5.02 Å². The lowest BCUT2D eigenvalue weighted by Crippen LogP contribution is -2.40. The van der Waals surface area contributed by atoms with Gasteiger partial charge in [0, 0.05) is 13.1 Å². The highest BCUT2D eigenvalue weighted by molar-refractivity contribution is 6.33. The van der Waals surface area contributed by atoms with Gasteiger partial charge in [0.1, 0.15) is 5.82 Å². The van der Waals surface area contributed by atoms with Crippen molar-refractivity contribution >= 4 is 23.4 Å². The second-order valence-electron chi connectivity index (χ2n) is 5.47. The quantitative estimate of drug-likeness (QED) is 0.774. The molecule has 0 spiro atoms. The van der Waals surface area contributed by atoms with Crippen LogP contribution in [0.25, 0.3) is 0 Å². The van der Waals surface area contributed by atoms with Crippen molar-refractivity contribution in [2.75, 3.05) is 13.1 Å². The molecule has 2 rings (SSSR count). The predicted octanol–water partition coefficient (Wildman–Crippen LogP) is 3.54. The summed E-state index contributed by atoms with van der Waals surface area (Å²) in [4.78, 5) is 25.6. The lowest BCUT2D eigenvalue weighted by atomic mass is 10.1. The van der Waals surface area contributed by atoms with E-state index in [1.54, 1.807) is 6.92 Å². The molecule has 0 fully saturated rings. The van der Waals surface area contributed by atoms with Crippen LogP contribution in [-0.2, 0) is 11.3 Å². The fourth-order valence-electron chi connectivity index (χ4n) is 2.22. The summed E-state index contributed by atoms with van der Waals surface area (Å²) in [7, 11) is 0. The van der Waals surface area contributed by atoms with Gasteiger partial charge in [-0.2, -0.15) is 0 Å². The number of carbonyl (C=O) groups excluding carboxylic acids is 2. The first-order valence-corrected chi connectivity index (χ1v) is 8.14. The second-order valence-corrected chi connectivity index (χ2v) is 5.88. The van der Waals surface area contributed by atoms with Crippen LogP contribution in [0.15, 0.2) is 36.4 Å². The third kappa shape index (κ3) is 4.98. The average molecular weight is 385 g/mol. The van der Waals surface area contributed by atoms with Gasteiger partial charge in [0.15, 0.2) is 11.6 Å². The molecule has 0 radical (unpaired) electrons. The van der Waals surface area contributed by atoms with Gasteiger partial charge in [-0.1, -0.05) is 23.7 Å². The summed E-state index contributed by atoms with van der Waals surface area (Å²) in [6.45, 7) is 1.68. The van der Waals surface area contributed by atoms with Crippen molar-refractivity contribution in [3.63, 3.8) is 0 Å². The topological polar surface area (TPSA) is 49.4 Å². The third-order valence-corrected chi connectivity index (χ3v) is 3.96. The lowest BCUT2D eigenvalue weighted by Gasteiger charge is -2.21. The maximum absolute atomic E-state index is 13.4. The molecule has 2 amide bonds. The summed E-state index contributed by atoms with van der Waals surface area (Å²) >= 11 is 5.80. The van der Waals surface area contributed by atoms with Crippen molar-refractivity contribution in [1.29, 1.82) is 0 Å². The summed E-state index contributed by atoms with van der Waals surface area (Å²) in [6, 6.07) is 7.02. The van der Waals surface area contributed by atoms with Crippen LogP contribution >= 0.6 is 11.6 Å². The monoisotopic (exact) mass is 384 g/mol. The SMILES string of the molecule is CCN(CC(=O)NCc1ccc(F)cc1)C(=O)c1cc(F)c(F)cc1Cl. The molecule has 0 saturated carbocycles. The fraction of sp³-hybridized carbons (Fsp3) is 0.222. The van der Waals surface area contributed by atoms with E-state index in [2.05, 4.69) is 5.32 Å². The highest BCUT2D eigenvalue weighted by Gasteiger charge is 2.21. The van der Waals surface area contributed by atoms with E-state index in [-0.39, 0.29) is 36.0 Å². The zero-order valence-electron chi connectivity index (χ0n) is 13.9. The minimum absolute atomic E-state index is 0.163. The van der Waals surface area contributed by atoms with Crippen LogP contribution in [0, 0.1) is 17.5 Å². The van der Waals surface area contributed by atoms with E-state index in [1.807, 2.05) is 0 Å². The molecule has 1 N–H and O–H groups in total. The van der Waals surface area contributed by atoms with E-state index in [0.717, 1.165) is 4.90 Å². The van der Waals surface area contributed by atoms with E-state index in [0.29, 0.717) is 17.7 Å². The van der Waals surface area contributed by atoms with Crippen molar-refractivity contribution in [2.24, 2.45) is 0 Å². The van der Waals surface area contributed by atoms with E-state index in [4.69, 9.17) is 11.6 Å². The van der Waals surface area contributed by atoms with E-state index < -0.39 is 23.4 Å². The lowest BCUT2D eigenvalue weighted by molar-refractivity contribution is -0.121. The number of hydrogen-bond donors (Lipinski definition) is 1. The number of nitrogens with zero attached hydrogens (tertiary/aromatic N) is 1. The van der Waals surface area contributed by atoms with Gasteiger partial charge in [-0.3, -0.25) is 9.59 Å². The Bertz CT molecular complexity index is 813. The number of amides is 2. The molecule has 26 heavy (non-hydrogen) atoms. The Kier molecular flexibility index (Phi) is 6.63. The first-order valence-electron chi connectivity index (χ1n) is 7.76. The molecule has 0 bridgehead atoms. The van der Waals surface area contributed by atoms with E-state index in [9.17, 15) is 22.8 Å². The Balaban J connectivity index is 2.01. The highest BCUT2D eigenvalue weighted by Crippen LogP contribution is 2.21. The normalized spacial score (nSPS) is 10.5. The second kappa shape index (κ2) is 8.71. The largest absolute Gasteiger partial charge is 0.350 e. The van der Waals surface area contributed by atoms with Crippen LogP contribution in [0.3, 0.4) is 0 Å². The van der Waals surface area contributed by atoms with Crippen LogP contribution in [0.5, 0.6) is 0 Å². The Morgan fingerprint density at radius 2 is 1.69 bits per heavy atom. The predicted molar refractivity (Wildman–Crippen MR) is 91.2 cm³/mol. The summed E-state index contributed by atoms with van der Waals surface area (Å²) in [5, 5.41) is 2.37. The summed E-state index contributed by atoms with van der Waals surface area (Å²) in [6.07, 6.45) is 0. The van der Waals surface area contributed by atoms with Crippen LogP contribution in [-0.4, -0.2) is 29.8 Å². The molecular formula is C18H16ClF3N2O2. The number of rotatable bonds is 6. The molecule has 0 atom stereocenters. The molecule has 0 aliphatic heterocycles. The average Bonchev–Trinajstić information content (AvgIpc) is 2.61. The summed E-state index contributed by atoms with van der Waals surface area (Å²) in [5.74, 6) is -3.89. The van der Waals surface area contributed by atoms with Gasteiger partial charge < -0.3 is 10.2 Å². The molecule has 4 nitrogen and oxygen atoms in total. The molecule has 0 unspecified atom stereocenters.